The molecule has 1 heteroatoms. The Morgan fingerprint density at radius 1 is 1.44 bits per heavy atom. The van der Waals surface area contributed by atoms with E-state index in [0.717, 1.165) is 30.8 Å². The van der Waals surface area contributed by atoms with Crippen LogP contribution >= 0.6 is 0 Å². The van der Waals surface area contributed by atoms with Gasteiger partial charge < -0.3 is 4.90 Å². The molecule has 0 spiro atoms. The summed E-state index contributed by atoms with van der Waals surface area (Å²) in [5.41, 5.74) is 6.33. The second-order valence-electron chi connectivity index (χ2n) is 4.39. The molecule has 2 rings (SSSR count). The van der Waals surface area contributed by atoms with Crippen LogP contribution in [0.3, 0.4) is 0 Å². The predicted molar refractivity (Wildman–Crippen MR) is 71.1 cm³/mol. The Morgan fingerprint density at radius 3 is 2.81 bits per heavy atom. The first-order valence-electron chi connectivity index (χ1n) is 5.87. The van der Waals surface area contributed by atoms with Gasteiger partial charge in [-0.3, -0.25) is 0 Å². The Kier molecular flexibility index (Phi) is 2.86. The van der Waals surface area contributed by atoms with E-state index in [0.29, 0.717) is 0 Å². The zero-order valence-corrected chi connectivity index (χ0v) is 10.2. The number of hydrogen-bond donors (Lipinski definition) is 0. The van der Waals surface area contributed by atoms with Crippen molar-refractivity contribution in [3.63, 3.8) is 0 Å². The number of hydrogen-bond acceptors (Lipinski definition) is 1. The Morgan fingerprint density at radius 2 is 2.19 bits per heavy atom. The van der Waals surface area contributed by atoms with Crippen molar-refractivity contribution in [3.8, 4) is 0 Å². The van der Waals surface area contributed by atoms with Crippen LogP contribution in [0.1, 0.15) is 30.5 Å². The summed E-state index contributed by atoms with van der Waals surface area (Å²) in [6.07, 6.45) is 1.10. The molecule has 0 amide bonds. The van der Waals surface area contributed by atoms with Crippen LogP contribution in [0, 0.1) is 0 Å². The van der Waals surface area contributed by atoms with Crippen molar-refractivity contribution in [2.75, 3.05) is 13.1 Å². The first kappa shape index (κ1) is 11.0. The highest BCUT2D eigenvalue weighted by Gasteiger charge is 2.20. The van der Waals surface area contributed by atoms with E-state index in [-0.39, 0.29) is 0 Å². The topological polar surface area (TPSA) is 3.24 Å². The fourth-order valence-electron chi connectivity index (χ4n) is 2.43. The van der Waals surface area contributed by atoms with Crippen molar-refractivity contribution in [3.05, 3.63) is 48.0 Å². The maximum absolute atomic E-state index is 4.20. The van der Waals surface area contributed by atoms with Crippen molar-refractivity contribution in [1.29, 1.82) is 0 Å². The third kappa shape index (κ3) is 1.67. The minimum atomic E-state index is 1.04. The van der Waals surface area contributed by atoms with Crippen molar-refractivity contribution in [1.82, 2.24) is 4.90 Å². The number of benzene rings is 1. The summed E-state index contributed by atoms with van der Waals surface area (Å²) in [6, 6.07) is 6.44. The lowest BCUT2D eigenvalue weighted by Gasteiger charge is -2.33. The number of nitrogens with zero attached hydrogens (tertiary/aromatic N) is 1. The van der Waals surface area contributed by atoms with Crippen LogP contribution < -0.4 is 0 Å². The quantitative estimate of drug-likeness (QED) is 0.726. The normalized spacial score (nSPS) is 14.9. The van der Waals surface area contributed by atoms with E-state index in [1.807, 2.05) is 0 Å². The van der Waals surface area contributed by atoms with Gasteiger partial charge in [0, 0.05) is 24.4 Å². The Bertz CT molecular complexity index is 443. The second kappa shape index (κ2) is 4.17. The monoisotopic (exact) mass is 213 g/mol. The van der Waals surface area contributed by atoms with E-state index >= 15 is 0 Å². The number of allylic oxidation sites excluding steroid dienone is 1. The lowest BCUT2D eigenvalue weighted by molar-refractivity contribution is 0.411. The van der Waals surface area contributed by atoms with E-state index in [9.17, 15) is 0 Å². The maximum Gasteiger partial charge on any atom is 0.0369 e. The summed E-state index contributed by atoms with van der Waals surface area (Å²) in [5.74, 6) is 0. The number of rotatable bonds is 2. The Hall–Kier alpha value is -1.50. The molecule has 1 aromatic carbocycles. The second-order valence-corrected chi connectivity index (χ2v) is 4.39. The molecular weight excluding hydrogens is 194 g/mol. The summed E-state index contributed by atoms with van der Waals surface area (Å²) in [5, 5.41) is 0. The minimum Gasteiger partial charge on any atom is -0.371 e. The summed E-state index contributed by atoms with van der Waals surface area (Å²) in [4.78, 5) is 2.34. The summed E-state index contributed by atoms with van der Waals surface area (Å²) in [6.45, 7) is 14.6. The van der Waals surface area contributed by atoms with Gasteiger partial charge in [0.1, 0.15) is 0 Å². The van der Waals surface area contributed by atoms with E-state index in [2.05, 4.69) is 50.1 Å². The summed E-state index contributed by atoms with van der Waals surface area (Å²) in [7, 11) is 0. The third-order valence-electron chi connectivity index (χ3n) is 3.34. The highest BCUT2D eigenvalue weighted by atomic mass is 15.1. The van der Waals surface area contributed by atoms with E-state index < -0.39 is 0 Å². The molecule has 0 bridgehead atoms. The molecule has 1 heterocycles. The van der Waals surface area contributed by atoms with Gasteiger partial charge in [-0.2, -0.15) is 0 Å². The minimum absolute atomic E-state index is 1.04. The van der Waals surface area contributed by atoms with Crippen LogP contribution in [0.25, 0.3) is 11.3 Å². The Balaban J connectivity index is 2.51. The molecule has 1 aromatic rings. The van der Waals surface area contributed by atoms with Gasteiger partial charge in [-0.25, -0.2) is 0 Å². The molecule has 0 unspecified atom stereocenters. The molecule has 0 radical (unpaired) electrons. The van der Waals surface area contributed by atoms with E-state index in [4.69, 9.17) is 0 Å². The molecule has 0 N–H and O–H groups in total. The average molecular weight is 213 g/mol. The lowest BCUT2D eigenvalue weighted by atomic mass is 9.90. The average Bonchev–Trinajstić information content (AvgIpc) is 2.29. The predicted octanol–water partition coefficient (Wildman–Crippen LogP) is 3.57. The summed E-state index contributed by atoms with van der Waals surface area (Å²) < 4.78 is 0. The van der Waals surface area contributed by atoms with Gasteiger partial charge in [0.15, 0.2) is 0 Å². The summed E-state index contributed by atoms with van der Waals surface area (Å²) >= 11 is 0. The lowest BCUT2D eigenvalue weighted by Crippen LogP contribution is -2.29. The molecule has 0 aliphatic carbocycles. The van der Waals surface area contributed by atoms with Crippen LogP contribution in [-0.4, -0.2) is 18.0 Å². The molecular formula is C15H19N. The van der Waals surface area contributed by atoms with Gasteiger partial charge in [0.25, 0.3) is 0 Å². The highest BCUT2D eigenvalue weighted by Crippen LogP contribution is 2.31. The van der Waals surface area contributed by atoms with Gasteiger partial charge in [0.05, 0.1) is 0 Å². The van der Waals surface area contributed by atoms with Gasteiger partial charge in [-0.05, 0) is 31.4 Å². The number of fused-ring (bicyclic) bond motifs is 1. The zero-order chi connectivity index (χ0) is 11.7. The molecule has 0 atom stereocenters. The van der Waals surface area contributed by atoms with Crippen LogP contribution in [0.5, 0.6) is 0 Å². The molecule has 16 heavy (non-hydrogen) atoms. The van der Waals surface area contributed by atoms with Crippen LogP contribution in [0.15, 0.2) is 31.4 Å². The third-order valence-corrected chi connectivity index (χ3v) is 3.34. The molecule has 84 valence electrons. The fraction of sp³-hybridized carbons (Fsp3) is 0.333. The SMILES string of the molecule is C=C(C)c1cccc2c1CCN(CC)C2=C. The van der Waals surface area contributed by atoms with Gasteiger partial charge in [-0.1, -0.05) is 36.9 Å². The molecule has 0 aromatic heterocycles. The maximum atomic E-state index is 4.20. The molecule has 1 nitrogen and oxygen atoms in total. The van der Waals surface area contributed by atoms with Gasteiger partial charge >= 0.3 is 0 Å². The first-order valence-corrected chi connectivity index (χ1v) is 5.87. The Labute approximate surface area is 98.1 Å². The fourth-order valence-corrected chi connectivity index (χ4v) is 2.43. The molecule has 0 saturated carbocycles. The van der Waals surface area contributed by atoms with Gasteiger partial charge in [-0.15, -0.1) is 0 Å². The van der Waals surface area contributed by atoms with Crippen LogP contribution in [0.2, 0.25) is 0 Å². The molecule has 1 aliphatic rings. The molecule has 0 fully saturated rings. The van der Waals surface area contributed by atoms with Gasteiger partial charge in [0.2, 0.25) is 0 Å². The highest BCUT2D eigenvalue weighted by molar-refractivity contribution is 5.75. The molecule has 1 aliphatic heterocycles. The largest absolute Gasteiger partial charge is 0.371 e. The zero-order valence-electron chi connectivity index (χ0n) is 10.2. The van der Waals surface area contributed by atoms with E-state index in [1.54, 1.807) is 0 Å². The van der Waals surface area contributed by atoms with Crippen LogP contribution in [0.4, 0.5) is 0 Å². The standard InChI is InChI=1S/C15H19N/c1-5-16-10-9-15-13(11(2)3)7-6-8-14(15)12(16)4/h6-8H,2,4-5,9-10H2,1,3H3. The van der Waals surface area contributed by atoms with Crippen molar-refractivity contribution in [2.45, 2.75) is 20.3 Å². The molecule has 0 saturated heterocycles. The smallest absolute Gasteiger partial charge is 0.0369 e. The van der Waals surface area contributed by atoms with Crippen molar-refractivity contribution >= 4 is 11.3 Å². The van der Waals surface area contributed by atoms with Crippen molar-refractivity contribution in [2.24, 2.45) is 0 Å². The first-order chi connectivity index (χ1) is 7.65. The van der Waals surface area contributed by atoms with E-state index in [1.165, 1.54) is 16.7 Å². The van der Waals surface area contributed by atoms with Crippen LogP contribution in [-0.2, 0) is 6.42 Å². The van der Waals surface area contributed by atoms with Crippen molar-refractivity contribution < 1.29 is 0 Å². The number of likely N-dealkylation sites (N-methyl/N-ethyl adjacent to an activating group) is 1.